The summed E-state index contributed by atoms with van der Waals surface area (Å²) >= 11 is 0. The van der Waals surface area contributed by atoms with Crippen LogP contribution in [0.2, 0.25) is 0 Å². The minimum Gasteiger partial charge on any atom is -0.432 e. The number of anilines is 3. The Bertz CT molecular complexity index is 1370. The molecule has 0 bridgehead atoms. The number of carbonyl (C=O) groups is 1. The number of benzene rings is 1. The van der Waals surface area contributed by atoms with Gasteiger partial charge in [0.2, 0.25) is 0 Å². The lowest BCUT2D eigenvalue weighted by atomic mass is 10.1. The van der Waals surface area contributed by atoms with Crippen molar-refractivity contribution in [2.24, 2.45) is 12.9 Å². The van der Waals surface area contributed by atoms with E-state index >= 15 is 0 Å². The van der Waals surface area contributed by atoms with Crippen molar-refractivity contribution in [2.45, 2.75) is 13.8 Å². The monoisotopic (exact) mass is 522 g/mol. The van der Waals surface area contributed by atoms with Crippen LogP contribution in [0, 0.1) is 19.3 Å². The van der Waals surface area contributed by atoms with Gasteiger partial charge in [0, 0.05) is 48.7 Å². The summed E-state index contributed by atoms with van der Waals surface area (Å²) in [6.45, 7) is 9.30. The number of amides is 1. The summed E-state index contributed by atoms with van der Waals surface area (Å²) in [5.74, 6) is 6.03. The van der Waals surface area contributed by atoms with Crippen molar-refractivity contribution in [1.29, 1.82) is 5.41 Å². The van der Waals surface area contributed by atoms with E-state index in [2.05, 4.69) is 22.0 Å². The quantitative estimate of drug-likeness (QED) is 0.169. The number of rotatable bonds is 9. The highest BCUT2D eigenvalue weighted by Crippen LogP contribution is 2.28. The molecule has 1 amide bonds. The van der Waals surface area contributed by atoms with Crippen molar-refractivity contribution in [2.75, 3.05) is 48.1 Å². The minimum absolute atomic E-state index is 0.113. The van der Waals surface area contributed by atoms with Crippen LogP contribution in [0.25, 0.3) is 0 Å². The molecule has 0 saturated carbocycles. The number of hydrogen-bond acceptors (Lipinski definition) is 9. The number of nitrogens with zero attached hydrogens (tertiary/aromatic N) is 5. The third kappa shape index (κ3) is 6.15. The van der Waals surface area contributed by atoms with E-state index in [0.717, 1.165) is 5.69 Å². The number of morpholine rings is 1. The van der Waals surface area contributed by atoms with Crippen LogP contribution in [0.15, 0.2) is 49.3 Å². The number of hydrogen-bond donors (Lipinski definition) is 3. The van der Waals surface area contributed by atoms with E-state index in [1.165, 1.54) is 17.3 Å². The van der Waals surface area contributed by atoms with E-state index in [4.69, 9.17) is 20.7 Å². The molecule has 4 rings (SSSR count). The van der Waals surface area contributed by atoms with E-state index in [1.54, 1.807) is 36.0 Å². The zero-order chi connectivity index (χ0) is 27.4. The lowest BCUT2D eigenvalue weighted by Crippen LogP contribution is -2.37. The van der Waals surface area contributed by atoms with Crippen molar-refractivity contribution >= 4 is 28.7 Å². The van der Waals surface area contributed by atoms with E-state index in [-0.39, 0.29) is 17.9 Å². The molecule has 11 nitrogen and oxygen atoms in total. The van der Waals surface area contributed by atoms with E-state index in [9.17, 15) is 9.18 Å². The Labute approximate surface area is 220 Å². The zero-order valence-corrected chi connectivity index (χ0v) is 21.6. The number of nitrogens with two attached hydrogens (primary N) is 1. The normalized spacial score (nSPS) is 13.2. The van der Waals surface area contributed by atoms with Gasteiger partial charge in [-0.15, -0.1) is 0 Å². The fraction of sp³-hybridized carbons (Fsp3) is 0.308. The molecule has 0 atom stereocenters. The van der Waals surface area contributed by atoms with Gasteiger partial charge in [-0.2, -0.15) is 9.49 Å². The average Bonchev–Trinajstić information content (AvgIpc) is 3.23. The molecule has 3 aromatic rings. The molecule has 0 radical (unpaired) electrons. The Morgan fingerprint density at radius 2 is 2.00 bits per heavy atom. The summed E-state index contributed by atoms with van der Waals surface area (Å²) in [7, 11) is 1.81. The molecule has 3 heterocycles. The van der Waals surface area contributed by atoms with E-state index in [0.29, 0.717) is 60.3 Å². The summed E-state index contributed by atoms with van der Waals surface area (Å²) < 4.78 is 25.6. The maximum absolute atomic E-state index is 13.4. The Balaban J connectivity index is 1.54. The number of hydrazine groups is 1. The van der Waals surface area contributed by atoms with Gasteiger partial charge in [-0.25, -0.2) is 5.84 Å². The smallest absolute Gasteiger partial charge is 0.270 e. The van der Waals surface area contributed by atoms with Crippen molar-refractivity contribution in [3.05, 3.63) is 71.8 Å². The van der Waals surface area contributed by atoms with E-state index < -0.39 is 11.9 Å². The predicted octanol–water partition coefficient (Wildman–Crippen LogP) is 3.09. The highest BCUT2D eigenvalue weighted by atomic mass is 19.1. The van der Waals surface area contributed by atoms with Crippen LogP contribution in [-0.2, 0) is 11.8 Å². The molecule has 12 heteroatoms. The molecule has 1 aromatic carbocycles. The van der Waals surface area contributed by atoms with Crippen LogP contribution in [-0.4, -0.2) is 59.2 Å². The van der Waals surface area contributed by atoms with Crippen LogP contribution >= 0.6 is 0 Å². The molecule has 2 aromatic heterocycles. The molecule has 0 spiro atoms. The summed E-state index contributed by atoms with van der Waals surface area (Å²) in [6, 6.07) is 5.53. The second kappa shape index (κ2) is 11.4. The summed E-state index contributed by atoms with van der Waals surface area (Å²) in [5.41, 5.74) is 4.42. The minimum atomic E-state index is -0.974. The maximum Gasteiger partial charge on any atom is 0.270 e. The predicted molar refractivity (Wildman–Crippen MR) is 144 cm³/mol. The maximum atomic E-state index is 13.4. The molecule has 4 N–H and O–H groups in total. The summed E-state index contributed by atoms with van der Waals surface area (Å²) in [5, 5.41) is 16.9. The number of ether oxygens (including phenoxy) is 2. The Morgan fingerprint density at radius 1 is 1.26 bits per heavy atom. The number of pyridine rings is 1. The fourth-order valence-electron chi connectivity index (χ4n) is 4.12. The third-order valence-corrected chi connectivity index (χ3v) is 6.27. The van der Waals surface area contributed by atoms with Gasteiger partial charge < -0.3 is 30.1 Å². The first-order chi connectivity index (χ1) is 18.1. The van der Waals surface area contributed by atoms with Gasteiger partial charge in [-0.3, -0.25) is 14.5 Å². The van der Waals surface area contributed by atoms with Crippen molar-refractivity contribution in [1.82, 2.24) is 14.8 Å². The highest BCUT2D eigenvalue weighted by Gasteiger charge is 2.18. The molecular formula is C26H31FN8O3. The topological polar surface area (TPSA) is 135 Å². The first-order valence-corrected chi connectivity index (χ1v) is 12.0. The number of aryl methyl sites for hydroxylation is 2. The second-order valence-electron chi connectivity index (χ2n) is 8.93. The molecular weight excluding hydrogens is 491 g/mol. The van der Waals surface area contributed by atoms with Gasteiger partial charge >= 0.3 is 0 Å². The molecule has 1 aliphatic heterocycles. The third-order valence-electron chi connectivity index (χ3n) is 6.27. The van der Waals surface area contributed by atoms with Crippen molar-refractivity contribution < 1.29 is 18.7 Å². The van der Waals surface area contributed by atoms with Gasteiger partial charge in [-0.05, 0) is 38.6 Å². The van der Waals surface area contributed by atoms with Gasteiger partial charge in [0.05, 0.1) is 54.9 Å². The molecule has 1 aliphatic rings. The molecule has 0 unspecified atom stereocenters. The number of nitrogens with one attached hydrogen (secondary N) is 2. The van der Waals surface area contributed by atoms with Crippen LogP contribution in [0.1, 0.15) is 27.3 Å². The number of carbonyl (C=O) groups excluding carboxylic acids is 1. The van der Waals surface area contributed by atoms with Crippen LogP contribution in [0.4, 0.5) is 21.5 Å². The molecule has 0 aliphatic carbocycles. The lowest BCUT2D eigenvalue weighted by molar-refractivity contribution is 0.102. The Morgan fingerprint density at radius 3 is 2.66 bits per heavy atom. The standard InChI is InChI=1S/C26H31FN8O3/c1-16-25(35(29)15-24(28)23-14-31-33(4)17(23)2)11-20(13-30-16)32-26(36)19-9-21(34-5-7-37-8-6-34)12-22(10-19)38-18(3)27/h9-14,28H,3,5-8,15,29H2,1-2,4H3,(H,32,36). The number of aromatic nitrogens is 3. The van der Waals surface area contributed by atoms with Crippen LogP contribution < -0.4 is 25.8 Å². The highest BCUT2D eigenvalue weighted by molar-refractivity contribution is 6.05. The molecule has 200 valence electrons. The Hall–Kier alpha value is -4.29. The van der Waals surface area contributed by atoms with Crippen LogP contribution in [0.5, 0.6) is 5.75 Å². The Kier molecular flexibility index (Phi) is 8.03. The first-order valence-electron chi connectivity index (χ1n) is 12.0. The fourth-order valence-corrected chi connectivity index (χ4v) is 4.12. The molecule has 38 heavy (non-hydrogen) atoms. The van der Waals surface area contributed by atoms with Gasteiger partial charge in [0.1, 0.15) is 5.75 Å². The van der Waals surface area contributed by atoms with Gasteiger partial charge in [0.15, 0.2) is 0 Å². The van der Waals surface area contributed by atoms with E-state index in [1.807, 2.05) is 18.9 Å². The SMILES string of the molecule is C=C(F)Oc1cc(C(=O)Nc2cnc(C)c(N(N)CC(=N)c3cnn(C)c3C)c2)cc(N2CCOCC2)c1. The zero-order valence-electron chi connectivity index (χ0n) is 21.6. The molecule has 1 saturated heterocycles. The van der Waals surface area contributed by atoms with Gasteiger partial charge in [-0.1, -0.05) is 0 Å². The molecule has 1 fully saturated rings. The van der Waals surface area contributed by atoms with Gasteiger partial charge in [0.25, 0.3) is 11.9 Å². The largest absolute Gasteiger partial charge is 0.432 e. The lowest BCUT2D eigenvalue weighted by Gasteiger charge is -2.29. The van der Waals surface area contributed by atoms with Crippen molar-refractivity contribution in [3.63, 3.8) is 0 Å². The second-order valence-corrected chi connectivity index (χ2v) is 8.93. The first kappa shape index (κ1) is 26.8. The van der Waals surface area contributed by atoms with Crippen LogP contribution in [0.3, 0.4) is 0 Å². The average molecular weight is 523 g/mol. The van der Waals surface area contributed by atoms with Crippen molar-refractivity contribution in [3.8, 4) is 5.75 Å². The summed E-state index contributed by atoms with van der Waals surface area (Å²) in [6.07, 6.45) is 3.16. The number of halogens is 1. The summed E-state index contributed by atoms with van der Waals surface area (Å²) in [4.78, 5) is 19.6.